The minimum Gasteiger partial charge on any atom is -0.382 e. The molecule has 0 saturated carbocycles. The van der Waals surface area contributed by atoms with Crippen LogP contribution in [-0.2, 0) is 6.42 Å². The molecule has 1 atom stereocenters. The maximum Gasteiger partial charge on any atom is 0.193 e. The highest BCUT2D eigenvalue weighted by molar-refractivity contribution is 14.0. The Morgan fingerprint density at radius 3 is 2.79 bits per heavy atom. The Morgan fingerprint density at radius 2 is 2.14 bits per heavy atom. The van der Waals surface area contributed by atoms with Gasteiger partial charge in [-0.15, -0.1) is 24.0 Å². The van der Waals surface area contributed by atoms with E-state index in [9.17, 15) is 5.26 Å². The molecule has 1 aromatic carbocycles. The maximum atomic E-state index is 9.51. The summed E-state index contributed by atoms with van der Waals surface area (Å²) in [4.78, 5) is 6.75. The fourth-order valence-corrected chi connectivity index (χ4v) is 3.71. The molecule has 0 radical (unpaired) electrons. The summed E-state index contributed by atoms with van der Waals surface area (Å²) in [6, 6.07) is 11.9. The molecule has 0 bridgehead atoms. The Kier molecular flexibility index (Phi) is 8.76. The molecule has 29 heavy (non-hydrogen) atoms. The van der Waals surface area contributed by atoms with Crippen molar-refractivity contribution >= 4 is 35.8 Å². The first-order valence-corrected chi connectivity index (χ1v) is 9.92. The molecule has 2 heterocycles. The minimum absolute atomic E-state index is 0. The van der Waals surface area contributed by atoms with Crippen LogP contribution in [0.15, 0.2) is 35.3 Å². The zero-order valence-electron chi connectivity index (χ0n) is 17.1. The van der Waals surface area contributed by atoms with E-state index in [1.165, 1.54) is 12.8 Å². The van der Waals surface area contributed by atoms with Gasteiger partial charge in [0, 0.05) is 26.7 Å². The van der Waals surface area contributed by atoms with Crippen LogP contribution in [-0.4, -0.2) is 47.3 Å². The van der Waals surface area contributed by atoms with E-state index in [-0.39, 0.29) is 24.0 Å². The number of nitrogens with two attached hydrogens (primary N) is 1. The minimum atomic E-state index is 0. The fraction of sp³-hybridized carbons (Fsp3) is 0.476. The number of anilines is 1. The van der Waals surface area contributed by atoms with Crippen molar-refractivity contribution in [1.29, 1.82) is 5.26 Å². The molecule has 2 aromatic rings. The van der Waals surface area contributed by atoms with E-state index in [0.717, 1.165) is 43.4 Å². The highest BCUT2D eigenvalue weighted by Crippen LogP contribution is 2.21. The lowest BCUT2D eigenvalue weighted by Crippen LogP contribution is -2.46. The molecule has 1 saturated heterocycles. The summed E-state index contributed by atoms with van der Waals surface area (Å²) < 4.78 is 1.65. The zero-order chi connectivity index (χ0) is 19.9. The van der Waals surface area contributed by atoms with Crippen LogP contribution in [0.2, 0.25) is 0 Å². The number of rotatable bonds is 5. The van der Waals surface area contributed by atoms with Crippen LogP contribution < -0.4 is 11.1 Å². The van der Waals surface area contributed by atoms with Crippen molar-refractivity contribution in [2.45, 2.75) is 32.6 Å². The Morgan fingerprint density at radius 1 is 1.38 bits per heavy atom. The summed E-state index contributed by atoms with van der Waals surface area (Å²) in [6.45, 7) is 5.17. The van der Waals surface area contributed by atoms with E-state index in [1.54, 1.807) is 4.68 Å². The van der Waals surface area contributed by atoms with E-state index in [0.29, 0.717) is 23.7 Å². The van der Waals surface area contributed by atoms with Gasteiger partial charge in [-0.05, 0) is 43.7 Å². The summed E-state index contributed by atoms with van der Waals surface area (Å²) in [6.07, 6.45) is 4.04. The lowest BCUT2D eigenvalue weighted by molar-refractivity contribution is 0.266. The van der Waals surface area contributed by atoms with E-state index in [2.05, 4.69) is 33.3 Å². The molecule has 8 heteroatoms. The number of guanidine groups is 1. The molecule has 3 N–H and O–H groups in total. The molecule has 0 aliphatic carbocycles. The molecule has 1 aliphatic heterocycles. The van der Waals surface area contributed by atoms with Crippen LogP contribution in [0.4, 0.5) is 5.82 Å². The smallest absolute Gasteiger partial charge is 0.193 e. The van der Waals surface area contributed by atoms with Crippen molar-refractivity contribution in [3.63, 3.8) is 0 Å². The topological polar surface area (TPSA) is 95.3 Å². The molecule has 1 fully saturated rings. The number of halogens is 1. The number of benzene rings is 1. The predicted molar refractivity (Wildman–Crippen MR) is 128 cm³/mol. The van der Waals surface area contributed by atoms with Gasteiger partial charge in [0.05, 0.1) is 11.4 Å². The molecular formula is C21H30IN7. The normalized spacial score (nSPS) is 16.8. The third kappa shape index (κ3) is 5.63. The number of nitriles is 1. The second-order valence-corrected chi connectivity index (χ2v) is 7.34. The highest BCUT2D eigenvalue weighted by atomic mass is 127. The Balaban J connectivity index is 0.00000300. The van der Waals surface area contributed by atoms with Crippen LogP contribution in [0.1, 0.15) is 37.4 Å². The van der Waals surface area contributed by atoms with E-state index >= 15 is 0 Å². The van der Waals surface area contributed by atoms with Gasteiger partial charge in [0.1, 0.15) is 17.5 Å². The molecule has 1 aromatic heterocycles. The number of aryl methyl sites for hydroxylation is 1. The number of aliphatic imine (C=N–C) groups is 1. The van der Waals surface area contributed by atoms with Gasteiger partial charge >= 0.3 is 0 Å². The highest BCUT2D eigenvalue weighted by Gasteiger charge is 2.19. The van der Waals surface area contributed by atoms with Gasteiger partial charge in [-0.25, -0.2) is 4.68 Å². The van der Waals surface area contributed by atoms with Crippen LogP contribution in [0, 0.1) is 17.2 Å². The first-order valence-electron chi connectivity index (χ1n) is 9.92. The zero-order valence-corrected chi connectivity index (χ0v) is 19.5. The Hall–Kier alpha value is -2.28. The average Bonchev–Trinajstić information content (AvgIpc) is 3.04. The monoisotopic (exact) mass is 507 g/mol. The summed E-state index contributed by atoms with van der Waals surface area (Å²) in [7, 11) is 1.83. The summed E-state index contributed by atoms with van der Waals surface area (Å²) >= 11 is 0. The number of hydrogen-bond acceptors (Lipinski definition) is 4. The first kappa shape index (κ1) is 23.0. The number of nitrogens with one attached hydrogen (secondary N) is 1. The van der Waals surface area contributed by atoms with E-state index < -0.39 is 0 Å². The van der Waals surface area contributed by atoms with Crippen molar-refractivity contribution in [3.05, 3.63) is 41.6 Å². The quantitative estimate of drug-likeness (QED) is 0.281. The lowest BCUT2D eigenvalue weighted by Gasteiger charge is -2.33. The molecule has 0 spiro atoms. The Labute approximate surface area is 190 Å². The number of nitrogen functional groups attached to an aromatic ring is 1. The van der Waals surface area contributed by atoms with Crippen LogP contribution >= 0.6 is 24.0 Å². The molecule has 7 nitrogen and oxygen atoms in total. The second-order valence-electron chi connectivity index (χ2n) is 7.34. The average molecular weight is 507 g/mol. The van der Waals surface area contributed by atoms with E-state index in [1.807, 2.05) is 37.4 Å². The van der Waals surface area contributed by atoms with Crippen molar-refractivity contribution < 1.29 is 0 Å². The third-order valence-electron chi connectivity index (χ3n) is 5.15. The molecule has 1 aliphatic rings. The number of nitrogens with zero attached hydrogens (tertiary/aromatic N) is 5. The lowest BCUT2D eigenvalue weighted by atomic mass is 10.0. The number of piperidine rings is 1. The SMILES string of the molecule is CN=C(NCCCc1nn(-c2ccccc2)c(N)c1C#N)N1CCCC(C)C1.I. The van der Waals surface area contributed by atoms with Gasteiger partial charge in [0.2, 0.25) is 0 Å². The Bertz CT molecular complexity index is 854. The largest absolute Gasteiger partial charge is 0.382 e. The van der Waals surface area contributed by atoms with Crippen molar-refractivity contribution in [3.8, 4) is 11.8 Å². The molecule has 1 unspecified atom stereocenters. The second kappa shape index (κ2) is 11.0. The van der Waals surface area contributed by atoms with Crippen molar-refractivity contribution in [1.82, 2.24) is 20.0 Å². The number of hydrogen-bond donors (Lipinski definition) is 2. The molecule has 3 rings (SSSR count). The number of likely N-dealkylation sites (tertiary alicyclic amines) is 1. The predicted octanol–water partition coefficient (Wildman–Crippen LogP) is 3.18. The van der Waals surface area contributed by atoms with Crippen LogP contribution in [0.3, 0.4) is 0 Å². The van der Waals surface area contributed by atoms with Gasteiger partial charge in [-0.1, -0.05) is 25.1 Å². The van der Waals surface area contributed by atoms with E-state index in [4.69, 9.17) is 5.73 Å². The summed E-state index contributed by atoms with van der Waals surface area (Å²) in [5.41, 5.74) is 8.24. The van der Waals surface area contributed by atoms with Gasteiger partial charge in [0.25, 0.3) is 0 Å². The summed E-state index contributed by atoms with van der Waals surface area (Å²) in [5.74, 6) is 2.06. The van der Waals surface area contributed by atoms with Gasteiger partial charge in [0.15, 0.2) is 5.96 Å². The summed E-state index contributed by atoms with van der Waals surface area (Å²) in [5, 5.41) is 17.5. The maximum absolute atomic E-state index is 9.51. The van der Waals surface area contributed by atoms with Crippen LogP contribution in [0.25, 0.3) is 5.69 Å². The van der Waals surface area contributed by atoms with Crippen molar-refractivity contribution in [2.24, 2.45) is 10.9 Å². The van der Waals surface area contributed by atoms with Crippen molar-refractivity contribution in [2.75, 3.05) is 32.4 Å². The molecular weight excluding hydrogens is 477 g/mol. The number of para-hydroxylation sites is 1. The third-order valence-corrected chi connectivity index (χ3v) is 5.15. The van der Waals surface area contributed by atoms with Gasteiger partial charge in [-0.3, -0.25) is 4.99 Å². The molecule has 0 amide bonds. The number of aromatic nitrogens is 2. The van der Waals surface area contributed by atoms with Gasteiger partial charge in [-0.2, -0.15) is 10.4 Å². The van der Waals surface area contributed by atoms with Crippen LogP contribution in [0.5, 0.6) is 0 Å². The fourth-order valence-electron chi connectivity index (χ4n) is 3.71. The van der Waals surface area contributed by atoms with Gasteiger partial charge < -0.3 is 16.0 Å². The first-order chi connectivity index (χ1) is 13.6. The standard InChI is InChI=1S/C21H29N7.HI/c1-16-8-7-13-27(15-16)21(24-2)25-12-6-11-19-18(14-22)20(23)28(26-19)17-9-4-3-5-10-17;/h3-5,9-10,16H,6-8,11-13,15,23H2,1-2H3,(H,24,25);1H. The molecule has 156 valence electrons.